The first kappa shape index (κ1) is 13.5. The highest BCUT2D eigenvalue weighted by atomic mass is 19.1. The molecule has 1 aromatic carbocycles. The molecule has 1 heterocycles. The SMILES string of the molecule is CNC(Cc1ccc(OC)c(F)c1)c1cccnc1. The lowest BCUT2D eigenvalue weighted by Gasteiger charge is -2.16. The fraction of sp³-hybridized carbons (Fsp3) is 0.267. The summed E-state index contributed by atoms with van der Waals surface area (Å²) in [5.41, 5.74) is 2.00. The highest BCUT2D eigenvalue weighted by molar-refractivity contribution is 5.30. The molecular weight excluding hydrogens is 243 g/mol. The lowest BCUT2D eigenvalue weighted by molar-refractivity contribution is 0.386. The molecule has 0 radical (unpaired) electrons. The van der Waals surface area contributed by atoms with Crippen LogP contribution in [0.15, 0.2) is 42.7 Å². The molecule has 4 heteroatoms. The predicted molar refractivity (Wildman–Crippen MR) is 72.7 cm³/mol. The van der Waals surface area contributed by atoms with E-state index in [4.69, 9.17) is 4.74 Å². The summed E-state index contributed by atoms with van der Waals surface area (Å²) in [6.45, 7) is 0. The van der Waals surface area contributed by atoms with Crippen molar-refractivity contribution < 1.29 is 9.13 Å². The average molecular weight is 260 g/mol. The number of likely N-dealkylation sites (N-methyl/N-ethyl adjacent to an activating group) is 1. The smallest absolute Gasteiger partial charge is 0.165 e. The quantitative estimate of drug-likeness (QED) is 0.897. The van der Waals surface area contributed by atoms with Crippen molar-refractivity contribution in [3.05, 3.63) is 59.7 Å². The first-order chi connectivity index (χ1) is 9.24. The number of hydrogen-bond acceptors (Lipinski definition) is 3. The molecule has 2 aromatic rings. The standard InChI is InChI=1S/C15H17FN2O/c1-17-14(12-4-3-7-18-10-12)9-11-5-6-15(19-2)13(16)8-11/h3-8,10,14,17H,9H2,1-2H3. The van der Waals surface area contributed by atoms with Crippen molar-refractivity contribution in [1.82, 2.24) is 10.3 Å². The van der Waals surface area contributed by atoms with Crippen LogP contribution in [0.2, 0.25) is 0 Å². The topological polar surface area (TPSA) is 34.1 Å². The number of aromatic nitrogens is 1. The van der Waals surface area contributed by atoms with Gasteiger partial charge in [-0.15, -0.1) is 0 Å². The van der Waals surface area contributed by atoms with Crippen LogP contribution in [-0.2, 0) is 6.42 Å². The van der Waals surface area contributed by atoms with Crippen molar-refractivity contribution in [3.63, 3.8) is 0 Å². The largest absolute Gasteiger partial charge is 0.494 e. The second-order valence-corrected chi connectivity index (χ2v) is 4.30. The molecule has 1 atom stereocenters. The summed E-state index contributed by atoms with van der Waals surface area (Å²) in [5, 5.41) is 3.22. The number of pyridine rings is 1. The van der Waals surface area contributed by atoms with Crippen LogP contribution in [0, 0.1) is 5.82 Å². The number of nitrogens with one attached hydrogen (secondary N) is 1. The molecule has 1 unspecified atom stereocenters. The Labute approximate surface area is 112 Å². The first-order valence-corrected chi connectivity index (χ1v) is 6.14. The van der Waals surface area contributed by atoms with E-state index in [0.29, 0.717) is 6.42 Å². The Balaban J connectivity index is 2.17. The molecule has 19 heavy (non-hydrogen) atoms. The Morgan fingerprint density at radius 3 is 2.79 bits per heavy atom. The van der Waals surface area contributed by atoms with Crippen molar-refractivity contribution in [1.29, 1.82) is 0 Å². The summed E-state index contributed by atoms with van der Waals surface area (Å²) in [4.78, 5) is 4.11. The van der Waals surface area contributed by atoms with Crippen molar-refractivity contribution in [3.8, 4) is 5.75 Å². The predicted octanol–water partition coefficient (Wildman–Crippen LogP) is 2.73. The van der Waals surface area contributed by atoms with Gasteiger partial charge in [-0.2, -0.15) is 0 Å². The molecule has 0 fully saturated rings. The van der Waals surface area contributed by atoms with Crippen LogP contribution in [0.1, 0.15) is 17.2 Å². The van der Waals surface area contributed by atoms with E-state index in [9.17, 15) is 4.39 Å². The number of methoxy groups -OCH3 is 1. The summed E-state index contributed by atoms with van der Waals surface area (Å²) in [5.74, 6) is -0.0628. The van der Waals surface area contributed by atoms with E-state index >= 15 is 0 Å². The third-order valence-electron chi connectivity index (χ3n) is 3.09. The van der Waals surface area contributed by atoms with Gasteiger partial charge in [0.1, 0.15) is 0 Å². The maximum Gasteiger partial charge on any atom is 0.165 e. The van der Waals surface area contributed by atoms with Gasteiger partial charge >= 0.3 is 0 Å². The number of hydrogen-bond donors (Lipinski definition) is 1. The van der Waals surface area contributed by atoms with Crippen LogP contribution >= 0.6 is 0 Å². The van der Waals surface area contributed by atoms with E-state index in [1.54, 1.807) is 12.3 Å². The second kappa shape index (κ2) is 6.29. The number of halogens is 1. The van der Waals surface area contributed by atoms with E-state index in [1.807, 2.05) is 31.4 Å². The third kappa shape index (κ3) is 3.29. The Kier molecular flexibility index (Phi) is 4.47. The van der Waals surface area contributed by atoms with Gasteiger partial charge in [-0.25, -0.2) is 4.39 Å². The molecule has 0 amide bonds. The van der Waals surface area contributed by atoms with E-state index in [2.05, 4.69) is 10.3 Å². The zero-order valence-corrected chi connectivity index (χ0v) is 11.1. The summed E-state index contributed by atoms with van der Waals surface area (Å²) in [7, 11) is 3.35. The minimum Gasteiger partial charge on any atom is -0.494 e. The number of rotatable bonds is 5. The Morgan fingerprint density at radius 2 is 2.21 bits per heavy atom. The van der Waals surface area contributed by atoms with Crippen molar-refractivity contribution in [2.45, 2.75) is 12.5 Å². The van der Waals surface area contributed by atoms with Crippen molar-refractivity contribution in [2.24, 2.45) is 0 Å². The van der Waals surface area contributed by atoms with E-state index < -0.39 is 0 Å². The molecule has 0 spiro atoms. The molecule has 3 nitrogen and oxygen atoms in total. The van der Waals surface area contributed by atoms with Crippen LogP contribution in [0.5, 0.6) is 5.75 Å². The van der Waals surface area contributed by atoms with Gasteiger partial charge in [-0.05, 0) is 42.8 Å². The van der Waals surface area contributed by atoms with Crippen molar-refractivity contribution >= 4 is 0 Å². The Hall–Kier alpha value is -1.94. The van der Waals surface area contributed by atoms with Gasteiger partial charge in [0.2, 0.25) is 0 Å². The summed E-state index contributed by atoms with van der Waals surface area (Å²) in [6.07, 6.45) is 4.26. The molecule has 0 aliphatic rings. The lowest BCUT2D eigenvalue weighted by Crippen LogP contribution is -2.19. The zero-order chi connectivity index (χ0) is 13.7. The normalized spacial score (nSPS) is 12.2. The average Bonchev–Trinajstić information content (AvgIpc) is 2.46. The second-order valence-electron chi connectivity index (χ2n) is 4.30. The molecule has 0 aliphatic heterocycles. The van der Waals surface area contributed by atoms with E-state index in [0.717, 1.165) is 11.1 Å². The summed E-state index contributed by atoms with van der Waals surface area (Å²) in [6, 6.07) is 9.06. The minimum absolute atomic E-state index is 0.112. The molecular formula is C15H17FN2O. The summed E-state index contributed by atoms with van der Waals surface area (Å²) < 4.78 is 18.6. The molecule has 0 bridgehead atoms. The van der Waals surface area contributed by atoms with Crippen LogP contribution in [-0.4, -0.2) is 19.1 Å². The molecule has 0 saturated carbocycles. The fourth-order valence-corrected chi connectivity index (χ4v) is 2.04. The maximum atomic E-state index is 13.6. The van der Waals surface area contributed by atoms with Crippen LogP contribution in [0.4, 0.5) is 4.39 Å². The first-order valence-electron chi connectivity index (χ1n) is 6.14. The van der Waals surface area contributed by atoms with E-state index in [-0.39, 0.29) is 17.6 Å². The van der Waals surface area contributed by atoms with Crippen LogP contribution in [0.25, 0.3) is 0 Å². The van der Waals surface area contributed by atoms with E-state index in [1.165, 1.54) is 13.2 Å². The molecule has 1 N–H and O–H groups in total. The Morgan fingerprint density at radius 1 is 1.37 bits per heavy atom. The molecule has 0 aliphatic carbocycles. The summed E-state index contributed by atoms with van der Waals surface area (Å²) >= 11 is 0. The van der Waals surface area contributed by atoms with Gasteiger partial charge in [-0.1, -0.05) is 12.1 Å². The highest BCUT2D eigenvalue weighted by Gasteiger charge is 2.11. The zero-order valence-electron chi connectivity index (χ0n) is 11.1. The van der Waals surface area contributed by atoms with Gasteiger partial charge in [0.05, 0.1) is 7.11 Å². The highest BCUT2D eigenvalue weighted by Crippen LogP contribution is 2.22. The van der Waals surface area contributed by atoms with Gasteiger partial charge in [0.15, 0.2) is 11.6 Å². The van der Waals surface area contributed by atoms with Gasteiger partial charge in [0.25, 0.3) is 0 Å². The molecule has 0 saturated heterocycles. The number of nitrogens with zero attached hydrogens (tertiary/aromatic N) is 1. The Bertz CT molecular complexity index is 531. The minimum atomic E-state index is -0.332. The molecule has 100 valence electrons. The van der Waals surface area contributed by atoms with Gasteiger partial charge in [0, 0.05) is 18.4 Å². The van der Waals surface area contributed by atoms with Gasteiger partial charge < -0.3 is 10.1 Å². The van der Waals surface area contributed by atoms with Gasteiger partial charge in [-0.3, -0.25) is 4.98 Å². The van der Waals surface area contributed by atoms with Crippen LogP contribution < -0.4 is 10.1 Å². The molecule has 2 rings (SSSR count). The number of ether oxygens (including phenoxy) is 1. The van der Waals surface area contributed by atoms with Crippen molar-refractivity contribution in [2.75, 3.05) is 14.2 Å². The lowest BCUT2D eigenvalue weighted by atomic mass is 10.0. The van der Waals surface area contributed by atoms with Crippen LogP contribution in [0.3, 0.4) is 0 Å². The molecule has 1 aromatic heterocycles. The maximum absolute atomic E-state index is 13.6. The monoisotopic (exact) mass is 260 g/mol. The fourth-order valence-electron chi connectivity index (χ4n) is 2.04. The number of benzene rings is 1. The third-order valence-corrected chi connectivity index (χ3v) is 3.09.